The van der Waals surface area contributed by atoms with E-state index < -0.39 is 33.1 Å². The lowest BCUT2D eigenvalue weighted by Crippen LogP contribution is -2.38. The fourth-order valence-corrected chi connectivity index (χ4v) is 5.23. The molecular formula is C23H26ClN3O6S. The number of halogens is 1. The average molecular weight is 508 g/mol. The number of aromatic hydroxyl groups is 1. The number of aromatic nitrogens is 2. The Bertz CT molecular complexity index is 1300. The maximum atomic E-state index is 13.0. The molecule has 0 spiro atoms. The molecular weight excluding hydrogens is 482 g/mol. The molecule has 3 N–H and O–H groups in total. The Morgan fingerprint density at radius 2 is 1.68 bits per heavy atom. The van der Waals surface area contributed by atoms with Crippen LogP contribution in [0.2, 0.25) is 5.02 Å². The van der Waals surface area contributed by atoms with Crippen LogP contribution in [0.15, 0.2) is 64.4 Å². The predicted octanol–water partition coefficient (Wildman–Crippen LogP) is 3.07. The lowest BCUT2D eigenvalue weighted by Gasteiger charge is -2.15. The van der Waals surface area contributed by atoms with Crippen molar-refractivity contribution >= 4 is 27.3 Å². The smallest absolute Gasteiger partial charge is 0.331 e. The van der Waals surface area contributed by atoms with Crippen LogP contribution in [-0.2, 0) is 27.7 Å². The first kappa shape index (κ1) is 25.5. The molecule has 0 aliphatic carbocycles. The Morgan fingerprint density at radius 3 is 2.24 bits per heavy atom. The van der Waals surface area contributed by atoms with Crippen LogP contribution < -0.4 is 11.2 Å². The molecule has 1 atom stereocenters. The van der Waals surface area contributed by atoms with Crippen molar-refractivity contribution in [3.8, 4) is 17.0 Å². The Balaban J connectivity index is 1.82. The molecule has 2 aromatic carbocycles. The van der Waals surface area contributed by atoms with Crippen LogP contribution in [0.1, 0.15) is 19.8 Å². The summed E-state index contributed by atoms with van der Waals surface area (Å²) in [4.78, 5) is 24.8. The van der Waals surface area contributed by atoms with Crippen LogP contribution in [0.5, 0.6) is 5.88 Å². The Kier molecular flexibility index (Phi) is 8.19. The number of unbranched alkanes of at least 4 members (excludes halogenated alkanes) is 1. The lowest BCUT2D eigenvalue weighted by atomic mass is 10.1. The summed E-state index contributed by atoms with van der Waals surface area (Å²) < 4.78 is 28.3. The number of nitrogens with zero attached hydrogens (tertiary/aromatic N) is 2. The van der Waals surface area contributed by atoms with Gasteiger partial charge in [0.2, 0.25) is 11.8 Å². The zero-order chi connectivity index (χ0) is 24.9. The zero-order valence-corrected chi connectivity index (χ0v) is 20.1. The normalized spacial score (nSPS) is 12.4. The van der Waals surface area contributed by atoms with E-state index in [4.69, 9.17) is 16.8 Å². The van der Waals surface area contributed by atoms with Crippen molar-refractivity contribution in [2.24, 2.45) is 5.92 Å². The van der Waals surface area contributed by atoms with E-state index in [9.17, 15) is 23.1 Å². The molecule has 0 radical (unpaired) electrons. The van der Waals surface area contributed by atoms with E-state index >= 15 is 0 Å². The quantitative estimate of drug-likeness (QED) is 0.285. The SMILES string of the molecule is CCCCn1c(O)cn(CC(CS(=O)(=O)c2ccc(-c3ccc(Cl)cc3)cc2)C(=O)NO)c1=O. The number of hydrogen-bond acceptors (Lipinski definition) is 6. The first-order valence-electron chi connectivity index (χ1n) is 10.7. The number of benzene rings is 2. The van der Waals surface area contributed by atoms with E-state index in [0.717, 1.165) is 32.9 Å². The van der Waals surface area contributed by atoms with Crippen molar-refractivity contribution in [3.63, 3.8) is 0 Å². The Morgan fingerprint density at radius 1 is 1.09 bits per heavy atom. The standard InChI is InChI=1S/C23H26ClN3O6S/c1-2-3-12-27-21(28)14-26(23(27)30)13-18(22(29)25-31)15-34(32,33)20-10-6-17(7-11-20)16-4-8-19(24)9-5-16/h4-11,14,18,28,31H,2-3,12-13,15H2,1H3,(H,25,29). The molecule has 1 unspecified atom stereocenters. The molecule has 182 valence electrons. The number of amides is 1. The molecule has 0 bridgehead atoms. The zero-order valence-electron chi connectivity index (χ0n) is 18.5. The van der Waals surface area contributed by atoms with Gasteiger partial charge in [0.1, 0.15) is 0 Å². The molecule has 0 aliphatic rings. The number of carbonyl (C=O) groups is 1. The predicted molar refractivity (Wildman–Crippen MR) is 128 cm³/mol. The van der Waals surface area contributed by atoms with E-state index in [0.29, 0.717) is 18.0 Å². The number of carbonyl (C=O) groups excluding carboxylic acids is 1. The van der Waals surface area contributed by atoms with Gasteiger partial charge in [0.05, 0.1) is 22.8 Å². The van der Waals surface area contributed by atoms with E-state index in [1.165, 1.54) is 17.6 Å². The summed E-state index contributed by atoms with van der Waals surface area (Å²) in [5.41, 5.74) is 2.55. The van der Waals surface area contributed by atoms with Gasteiger partial charge in [-0.2, -0.15) is 0 Å². The van der Waals surface area contributed by atoms with Gasteiger partial charge in [0.25, 0.3) is 0 Å². The minimum absolute atomic E-state index is 0.00309. The Hall–Kier alpha value is -3.08. The van der Waals surface area contributed by atoms with Crippen LogP contribution in [0.4, 0.5) is 0 Å². The second-order valence-corrected chi connectivity index (χ2v) is 10.4. The minimum atomic E-state index is -3.95. The van der Waals surface area contributed by atoms with Crippen LogP contribution in [0.25, 0.3) is 11.1 Å². The van der Waals surface area contributed by atoms with Gasteiger partial charge in [-0.25, -0.2) is 18.7 Å². The number of nitrogens with one attached hydrogen (secondary N) is 1. The summed E-state index contributed by atoms with van der Waals surface area (Å²) in [7, 11) is -3.95. The summed E-state index contributed by atoms with van der Waals surface area (Å²) in [5, 5.41) is 19.8. The second-order valence-electron chi connectivity index (χ2n) is 7.91. The maximum Gasteiger partial charge on any atom is 0.331 e. The van der Waals surface area contributed by atoms with Crippen molar-refractivity contribution < 1.29 is 23.5 Å². The third-order valence-corrected chi connectivity index (χ3v) is 7.55. The first-order valence-corrected chi connectivity index (χ1v) is 12.7. The molecule has 0 aliphatic heterocycles. The maximum absolute atomic E-state index is 13.0. The van der Waals surface area contributed by atoms with Crippen LogP contribution in [0.3, 0.4) is 0 Å². The van der Waals surface area contributed by atoms with Gasteiger partial charge in [-0.1, -0.05) is 49.2 Å². The highest BCUT2D eigenvalue weighted by Crippen LogP contribution is 2.24. The van der Waals surface area contributed by atoms with Crippen LogP contribution in [0, 0.1) is 5.92 Å². The van der Waals surface area contributed by atoms with Crippen molar-refractivity contribution in [2.75, 3.05) is 5.75 Å². The number of hydrogen-bond donors (Lipinski definition) is 3. The number of sulfone groups is 1. The second kappa shape index (κ2) is 10.9. The largest absolute Gasteiger partial charge is 0.493 e. The van der Waals surface area contributed by atoms with Gasteiger partial charge in [0, 0.05) is 18.1 Å². The Labute approximate surface area is 202 Å². The van der Waals surface area contributed by atoms with E-state index in [2.05, 4.69) is 0 Å². The summed E-state index contributed by atoms with van der Waals surface area (Å²) in [6, 6.07) is 13.3. The molecule has 0 saturated carbocycles. The first-order chi connectivity index (χ1) is 16.2. The molecule has 1 aromatic heterocycles. The number of imidazole rings is 1. The molecule has 0 saturated heterocycles. The summed E-state index contributed by atoms with van der Waals surface area (Å²) in [6.45, 7) is 1.90. The third kappa shape index (κ3) is 5.88. The molecule has 34 heavy (non-hydrogen) atoms. The van der Waals surface area contributed by atoms with Crippen LogP contribution >= 0.6 is 11.6 Å². The fourth-order valence-electron chi connectivity index (χ4n) is 3.57. The average Bonchev–Trinajstić information content (AvgIpc) is 3.09. The van der Waals surface area contributed by atoms with Gasteiger partial charge < -0.3 is 5.11 Å². The van der Waals surface area contributed by atoms with E-state index in [1.54, 1.807) is 24.3 Å². The van der Waals surface area contributed by atoms with E-state index in [-0.39, 0.29) is 17.3 Å². The highest BCUT2D eigenvalue weighted by molar-refractivity contribution is 7.91. The topological polar surface area (TPSA) is 131 Å². The molecule has 3 aromatic rings. The molecule has 9 nitrogen and oxygen atoms in total. The van der Waals surface area contributed by atoms with E-state index in [1.807, 2.05) is 19.1 Å². The highest BCUT2D eigenvalue weighted by atomic mass is 35.5. The van der Waals surface area contributed by atoms with Gasteiger partial charge in [-0.3, -0.25) is 19.1 Å². The summed E-state index contributed by atoms with van der Waals surface area (Å²) in [6.07, 6.45) is 2.63. The number of hydroxylamine groups is 1. The monoisotopic (exact) mass is 507 g/mol. The minimum Gasteiger partial charge on any atom is -0.493 e. The molecule has 0 fully saturated rings. The summed E-state index contributed by atoms with van der Waals surface area (Å²) in [5.74, 6) is -3.14. The molecule has 1 amide bonds. The highest BCUT2D eigenvalue weighted by Gasteiger charge is 2.28. The van der Waals surface area contributed by atoms with Crippen molar-refractivity contribution in [3.05, 3.63) is 70.2 Å². The van der Waals surface area contributed by atoms with Gasteiger partial charge in [0.15, 0.2) is 9.84 Å². The fraction of sp³-hybridized carbons (Fsp3) is 0.304. The third-order valence-electron chi connectivity index (χ3n) is 5.47. The summed E-state index contributed by atoms with van der Waals surface area (Å²) >= 11 is 5.90. The molecule has 3 rings (SSSR count). The van der Waals surface area contributed by atoms with Crippen molar-refractivity contribution in [1.82, 2.24) is 14.6 Å². The van der Waals surface area contributed by atoms with Crippen molar-refractivity contribution in [2.45, 2.75) is 37.8 Å². The number of rotatable bonds is 10. The van der Waals surface area contributed by atoms with Gasteiger partial charge >= 0.3 is 5.69 Å². The van der Waals surface area contributed by atoms with Crippen LogP contribution in [-0.4, -0.2) is 39.5 Å². The molecule has 11 heteroatoms. The molecule has 1 heterocycles. The van der Waals surface area contributed by atoms with Crippen molar-refractivity contribution in [1.29, 1.82) is 0 Å². The van der Waals surface area contributed by atoms with Gasteiger partial charge in [-0.05, 0) is 41.8 Å². The van der Waals surface area contributed by atoms with Gasteiger partial charge in [-0.15, -0.1) is 0 Å². The lowest BCUT2D eigenvalue weighted by molar-refractivity contribution is -0.133.